The molecule has 2 saturated heterocycles. The van der Waals surface area contributed by atoms with Gasteiger partial charge >= 0.3 is 6.03 Å². The summed E-state index contributed by atoms with van der Waals surface area (Å²) >= 11 is 0. The van der Waals surface area contributed by atoms with Crippen LogP contribution in [0.4, 0.5) is 16.2 Å². The summed E-state index contributed by atoms with van der Waals surface area (Å²) in [5.41, 5.74) is 1.98. The van der Waals surface area contributed by atoms with Crippen LogP contribution in [0.15, 0.2) is 36.4 Å². The summed E-state index contributed by atoms with van der Waals surface area (Å²) in [5.74, 6) is -1.84. The SMILES string of the molecule is COc1cc(NC(=O)NCc2ccc3c(c2)C(=O)N(C2CCC(=O)NC2=O)C3=O)ccc1N1CCCC1=O. The molecule has 0 aliphatic carbocycles. The zero-order chi connectivity index (χ0) is 27.0. The van der Waals surface area contributed by atoms with Gasteiger partial charge < -0.3 is 20.3 Å². The fraction of sp³-hybridized carbons (Fsp3) is 0.308. The van der Waals surface area contributed by atoms with Gasteiger partial charge in [-0.05, 0) is 42.7 Å². The lowest BCUT2D eigenvalue weighted by Gasteiger charge is -2.27. The van der Waals surface area contributed by atoms with Crippen LogP contribution in [-0.4, -0.2) is 60.2 Å². The summed E-state index contributed by atoms with van der Waals surface area (Å²) < 4.78 is 5.41. The molecule has 2 aromatic rings. The van der Waals surface area contributed by atoms with Gasteiger partial charge in [-0.25, -0.2) is 4.79 Å². The molecule has 0 aromatic heterocycles. The van der Waals surface area contributed by atoms with Crippen molar-refractivity contribution in [2.75, 3.05) is 23.9 Å². The minimum absolute atomic E-state index is 0.0245. The van der Waals surface area contributed by atoms with E-state index in [0.717, 1.165) is 11.3 Å². The van der Waals surface area contributed by atoms with E-state index >= 15 is 0 Å². The molecule has 196 valence electrons. The Morgan fingerprint density at radius 3 is 2.53 bits per heavy atom. The number of rotatable bonds is 6. The zero-order valence-corrected chi connectivity index (χ0v) is 20.5. The van der Waals surface area contributed by atoms with Crippen LogP contribution in [0.1, 0.15) is 52.0 Å². The Hall–Kier alpha value is -4.74. The van der Waals surface area contributed by atoms with Crippen LogP contribution in [0.5, 0.6) is 5.75 Å². The number of nitrogens with one attached hydrogen (secondary N) is 3. The van der Waals surface area contributed by atoms with Crippen molar-refractivity contribution < 1.29 is 33.5 Å². The molecule has 3 heterocycles. The van der Waals surface area contributed by atoms with Crippen LogP contribution in [0, 0.1) is 0 Å². The lowest BCUT2D eigenvalue weighted by Crippen LogP contribution is -2.54. The topological polar surface area (TPSA) is 154 Å². The summed E-state index contributed by atoms with van der Waals surface area (Å²) in [7, 11) is 1.49. The lowest BCUT2D eigenvalue weighted by atomic mass is 10.0. The smallest absolute Gasteiger partial charge is 0.319 e. The van der Waals surface area contributed by atoms with E-state index in [4.69, 9.17) is 4.74 Å². The molecular formula is C26H25N5O7. The largest absolute Gasteiger partial charge is 0.494 e. The van der Waals surface area contributed by atoms with Crippen molar-refractivity contribution >= 4 is 46.9 Å². The van der Waals surface area contributed by atoms with Crippen molar-refractivity contribution in [1.29, 1.82) is 0 Å². The Kier molecular flexibility index (Phi) is 6.53. The second kappa shape index (κ2) is 9.96. The highest BCUT2D eigenvalue weighted by atomic mass is 16.5. The minimum Gasteiger partial charge on any atom is -0.494 e. The van der Waals surface area contributed by atoms with E-state index in [1.807, 2.05) is 0 Å². The van der Waals surface area contributed by atoms with Crippen LogP contribution in [0.3, 0.4) is 0 Å². The number of imide groups is 2. The Balaban J connectivity index is 1.23. The van der Waals surface area contributed by atoms with Crippen LogP contribution in [0.25, 0.3) is 0 Å². The standard InChI is InChI=1S/C26H25N5O7/c1-38-20-12-15(5-7-18(20)30-10-2-3-22(30)33)28-26(37)27-13-14-4-6-16-17(11-14)25(36)31(24(16)35)19-8-9-21(32)29-23(19)34/h4-7,11-12,19H,2-3,8-10,13H2,1H3,(H2,27,28,37)(H,29,32,34). The molecule has 2 aromatic carbocycles. The number of carbonyl (C=O) groups excluding carboxylic acids is 6. The van der Waals surface area contributed by atoms with Gasteiger partial charge in [0.25, 0.3) is 11.8 Å². The maximum atomic E-state index is 13.0. The normalized spacial score (nSPS) is 19.0. The summed E-state index contributed by atoms with van der Waals surface area (Å²) in [6.45, 7) is 0.680. The zero-order valence-electron chi connectivity index (χ0n) is 20.5. The number of piperidine rings is 1. The summed E-state index contributed by atoms with van der Waals surface area (Å²) in [6.07, 6.45) is 1.38. The first-order valence-electron chi connectivity index (χ1n) is 12.1. The Labute approximate surface area is 217 Å². The second-order valence-corrected chi connectivity index (χ2v) is 9.17. The van der Waals surface area contributed by atoms with Crippen molar-refractivity contribution in [2.45, 2.75) is 38.3 Å². The third kappa shape index (κ3) is 4.56. The van der Waals surface area contributed by atoms with E-state index in [9.17, 15) is 28.8 Å². The fourth-order valence-corrected chi connectivity index (χ4v) is 4.87. The minimum atomic E-state index is -1.04. The number of carbonyl (C=O) groups is 6. The number of nitrogens with zero attached hydrogens (tertiary/aromatic N) is 2. The Bertz CT molecular complexity index is 1390. The van der Waals surface area contributed by atoms with Crippen molar-refractivity contribution in [2.24, 2.45) is 0 Å². The molecule has 1 atom stereocenters. The molecule has 0 spiro atoms. The molecule has 2 fully saturated rings. The predicted molar refractivity (Wildman–Crippen MR) is 134 cm³/mol. The van der Waals surface area contributed by atoms with Gasteiger partial charge in [0.05, 0.1) is 23.9 Å². The number of hydrogen-bond acceptors (Lipinski definition) is 7. The third-order valence-electron chi connectivity index (χ3n) is 6.76. The highest BCUT2D eigenvalue weighted by Crippen LogP contribution is 2.34. The van der Waals surface area contributed by atoms with Gasteiger partial charge in [-0.15, -0.1) is 0 Å². The van der Waals surface area contributed by atoms with E-state index in [-0.39, 0.29) is 36.4 Å². The molecule has 0 radical (unpaired) electrons. The lowest BCUT2D eigenvalue weighted by molar-refractivity contribution is -0.136. The number of urea groups is 1. The summed E-state index contributed by atoms with van der Waals surface area (Å²) in [4.78, 5) is 76.6. The van der Waals surface area contributed by atoms with Gasteiger partial charge in [0.1, 0.15) is 11.8 Å². The van der Waals surface area contributed by atoms with E-state index in [2.05, 4.69) is 16.0 Å². The molecule has 0 saturated carbocycles. The molecule has 3 N–H and O–H groups in total. The maximum absolute atomic E-state index is 13.0. The van der Waals surface area contributed by atoms with Gasteiger partial charge in [-0.1, -0.05) is 6.07 Å². The molecule has 5 rings (SSSR count). The first-order chi connectivity index (χ1) is 18.3. The molecule has 12 nitrogen and oxygen atoms in total. The molecule has 12 heteroatoms. The predicted octanol–water partition coefficient (Wildman–Crippen LogP) is 1.54. The number of fused-ring (bicyclic) bond motifs is 1. The van der Waals surface area contributed by atoms with Gasteiger partial charge in [0.15, 0.2) is 0 Å². The van der Waals surface area contributed by atoms with E-state index in [1.165, 1.54) is 19.2 Å². The van der Waals surface area contributed by atoms with Crippen LogP contribution in [0.2, 0.25) is 0 Å². The molecule has 0 bridgehead atoms. The van der Waals surface area contributed by atoms with Crippen LogP contribution >= 0.6 is 0 Å². The number of hydrogen-bond donors (Lipinski definition) is 3. The quantitative estimate of drug-likeness (QED) is 0.489. The van der Waals surface area contributed by atoms with Gasteiger partial charge in [0.2, 0.25) is 17.7 Å². The van der Waals surface area contributed by atoms with Crippen molar-refractivity contribution in [3.8, 4) is 5.75 Å². The van der Waals surface area contributed by atoms with Crippen LogP contribution < -0.4 is 25.6 Å². The summed E-state index contributed by atoms with van der Waals surface area (Å²) in [5, 5.41) is 7.57. The Morgan fingerprint density at radius 1 is 1.03 bits per heavy atom. The van der Waals surface area contributed by atoms with E-state index in [1.54, 1.807) is 29.2 Å². The maximum Gasteiger partial charge on any atom is 0.319 e. The number of benzene rings is 2. The fourth-order valence-electron chi connectivity index (χ4n) is 4.87. The number of anilines is 2. The first-order valence-corrected chi connectivity index (χ1v) is 12.1. The summed E-state index contributed by atoms with van der Waals surface area (Å²) in [6, 6.07) is 8.07. The highest BCUT2D eigenvalue weighted by Gasteiger charge is 2.44. The highest BCUT2D eigenvalue weighted by molar-refractivity contribution is 6.23. The average molecular weight is 520 g/mol. The van der Waals surface area contributed by atoms with Crippen molar-refractivity contribution in [3.05, 3.63) is 53.1 Å². The van der Waals surface area contributed by atoms with E-state index < -0.39 is 35.7 Å². The molecule has 1 unspecified atom stereocenters. The average Bonchev–Trinajstić information content (AvgIpc) is 3.43. The molecule has 7 amide bonds. The number of amides is 7. The monoisotopic (exact) mass is 519 g/mol. The van der Waals surface area contributed by atoms with Gasteiger partial charge in [-0.2, -0.15) is 0 Å². The molecule has 3 aliphatic heterocycles. The number of ether oxygens (including phenoxy) is 1. The first kappa shape index (κ1) is 24.9. The second-order valence-electron chi connectivity index (χ2n) is 9.17. The van der Waals surface area contributed by atoms with E-state index in [0.29, 0.717) is 35.7 Å². The van der Waals surface area contributed by atoms with Crippen molar-refractivity contribution in [3.63, 3.8) is 0 Å². The van der Waals surface area contributed by atoms with Gasteiger partial charge in [-0.3, -0.25) is 34.2 Å². The van der Waals surface area contributed by atoms with Crippen LogP contribution in [-0.2, 0) is 20.9 Å². The third-order valence-corrected chi connectivity index (χ3v) is 6.76. The van der Waals surface area contributed by atoms with Gasteiger partial charge in [0, 0.05) is 37.7 Å². The number of methoxy groups -OCH3 is 1. The molecular weight excluding hydrogens is 494 g/mol. The van der Waals surface area contributed by atoms with Crippen molar-refractivity contribution in [1.82, 2.24) is 15.5 Å². The molecule has 3 aliphatic rings. The Morgan fingerprint density at radius 2 is 1.82 bits per heavy atom. The molecule has 38 heavy (non-hydrogen) atoms.